The average Bonchev–Trinajstić information content (AvgIpc) is 0.785. The van der Waals surface area contributed by atoms with Crippen molar-refractivity contribution in [3.05, 3.63) is 332 Å². The summed E-state index contributed by atoms with van der Waals surface area (Å²) in [6.07, 6.45) is 0. The summed E-state index contributed by atoms with van der Waals surface area (Å²) < 4.78 is 15.7. The quantitative estimate of drug-likeness (QED) is 0.0897. The van der Waals surface area contributed by atoms with Crippen molar-refractivity contribution < 1.29 is 9.47 Å². The van der Waals surface area contributed by atoms with Gasteiger partial charge in [-0.1, -0.05) is 360 Å². The van der Waals surface area contributed by atoms with Crippen LogP contribution in [-0.2, 0) is 16.2 Å². The lowest BCUT2D eigenvalue weighted by atomic mass is 9.34. The van der Waals surface area contributed by atoms with E-state index in [1.165, 1.54) is 58.2 Å². The number of benzene rings is 13. The van der Waals surface area contributed by atoms with E-state index in [9.17, 15) is 0 Å². The highest BCUT2D eigenvalue weighted by Gasteiger charge is 2.47. The molecule has 2 heterocycles. The molecule has 0 aromatic heterocycles. The Kier molecular flexibility index (Phi) is 15.5. The molecular formula is C90H79BO2Si2. The van der Waals surface area contributed by atoms with Gasteiger partial charge in [-0.15, -0.1) is 0 Å². The summed E-state index contributed by atoms with van der Waals surface area (Å²) in [5.41, 5.74) is 15.3. The maximum atomic E-state index is 8.00. The molecule has 0 unspecified atom stereocenters. The first-order valence-corrected chi connectivity index (χ1v) is 37.7. The molecule has 5 heteroatoms. The maximum Gasteiger partial charge on any atom is 0.260 e. The molecule has 15 rings (SSSR count). The monoisotopic (exact) mass is 1260 g/mol. The van der Waals surface area contributed by atoms with Crippen molar-refractivity contribution in [1.82, 2.24) is 0 Å². The number of rotatable bonds is 12. The van der Waals surface area contributed by atoms with Crippen LogP contribution in [0.3, 0.4) is 0 Å². The smallest absolute Gasteiger partial charge is 0.260 e. The van der Waals surface area contributed by atoms with Crippen LogP contribution in [0.2, 0.25) is 0 Å². The van der Waals surface area contributed by atoms with Crippen LogP contribution in [-0.4, -0.2) is 22.9 Å². The lowest BCUT2D eigenvalue weighted by molar-refractivity contribution is 0.466. The van der Waals surface area contributed by atoms with Crippen LogP contribution < -0.4 is 67.4 Å². The van der Waals surface area contributed by atoms with Gasteiger partial charge >= 0.3 is 0 Å². The maximum absolute atomic E-state index is 8.00. The van der Waals surface area contributed by atoms with Gasteiger partial charge in [0.15, 0.2) is 16.1 Å². The second-order valence-electron chi connectivity index (χ2n) is 29.1. The molecule has 2 nitrogen and oxygen atoms in total. The molecule has 0 fully saturated rings. The molecule has 0 spiro atoms. The van der Waals surface area contributed by atoms with Crippen molar-refractivity contribution in [3.63, 3.8) is 0 Å². The first kappa shape index (κ1) is 61.2. The summed E-state index contributed by atoms with van der Waals surface area (Å²) in [5, 5.41) is 10.7. The second-order valence-corrected chi connectivity index (χ2v) is 36.7. The Bertz CT molecular complexity index is 4770. The Morgan fingerprint density at radius 2 is 0.663 bits per heavy atom. The molecular weight excluding hydrogens is 1180 g/mol. The van der Waals surface area contributed by atoms with E-state index >= 15 is 0 Å². The Morgan fingerprint density at radius 1 is 0.263 bits per heavy atom. The molecule has 0 aliphatic carbocycles. The standard InChI is InChI=1S/C90H79BO2Si2/c1-88(2,3)65-53-56-82-80(58-65)91-81-61-79(90(7,8)9)75(64-35-31-48-73(57-64)95(69-42-25-14-26-43-69,70-44-27-15-28-45-70)71-46-29-16-30-47-71)60-83(81)93-86-76(59-77(87(92-82)85(86)91)84-74(62-33-17-10-18-34-62)49-32-50-78(84)89(4,5)6)63-51-54-72(55-52-63)94(66-36-19-11-20-37-66,67-38-21-12-22-39-67)68-40-23-13-24-41-68/h10-61H,1-9H3. The van der Waals surface area contributed by atoms with Crippen LogP contribution in [0.4, 0.5) is 0 Å². The van der Waals surface area contributed by atoms with Crippen molar-refractivity contribution in [2.45, 2.75) is 78.6 Å². The van der Waals surface area contributed by atoms with Gasteiger partial charge in [-0.25, -0.2) is 0 Å². The summed E-state index contributed by atoms with van der Waals surface area (Å²) in [7, 11) is -5.81. The Labute approximate surface area is 564 Å². The zero-order valence-corrected chi connectivity index (χ0v) is 57.9. The van der Waals surface area contributed by atoms with Crippen LogP contribution >= 0.6 is 0 Å². The van der Waals surface area contributed by atoms with Crippen LogP contribution in [0.1, 0.15) is 79.0 Å². The summed E-state index contributed by atoms with van der Waals surface area (Å²) in [6.45, 7) is 20.8. The zero-order valence-electron chi connectivity index (χ0n) is 55.9. The first-order chi connectivity index (χ1) is 46.0. The molecule has 2 aliphatic heterocycles. The van der Waals surface area contributed by atoms with Gasteiger partial charge in [0.2, 0.25) is 0 Å². The van der Waals surface area contributed by atoms with Gasteiger partial charge in [0.05, 0.1) is 0 Å². The summed E-state index contributed by atoms with van der Waals surface area (Å²) in [6, 6.07) is 119. The zero-order chi connectivity index (χ0) is 65.3. The van der Waals surface area contributed by atoms with Crippen molar-refractivity contribution in [2.75, 3.05) is 0 Å². The van der Waals surface area contributed by atoms with Crippen molar-refractivity contribution in [1.29, 1.82) is 0 Å². The van der Waals surface area contributed by atoms with Gasteiger partial charge in [-0.05, 0) is 137 Å². The van der Waals surface area contributed by atoms with E-state index in [2.05, 4.69) is 378 Å². The van der Waals surface area contributed by atoms with Gasteiger partial charge in [0, 0.05) is 16.6 Å². The van der Waals surface area contributed by atoms with Gasteiger partial charge in [-0.2, -0.15) is 0 Å². The van der Waals surface area contributed by atoms with E-state index in [1.807, 2.05) is 0 Å². The number of ether oxygens (including phenoxy) is 2. The third-order valence-electron chi connectivity index (χ3n) is 20.1. The molecule has 462 valence electrons. The minimum Gasteiger partial charge on any atom is -0.458 e. The number of fused-ring (bicyclic) bond motifs is 4. The fraction of sp³-hybridized carbons (Fsp3) is 0.133. The predicted octanol–water partition coefficient (Wildman–Crippen LogP) is 15.7. The molecule has 13 aromatic carbocycles. The van der Waals surface area contributed by atoms with E-state index in [1.54, 1.807) is 0 Å². The highest BCUT2D eigenvalue weighted by atomic mass is 28.3. The molecule has 13 aromatic rings. The van der Waals surface area contributed by atoms with E-state index in [4.69, 9.17) is 9.47 Å². The van der Waals surface area contributed by atoms with E-state index in [0.29, 0.717) is 0 Å². The second kappa shape index (κ2) is 24.1. The minimum absolute atomic E-state index is 0.141. The Balaban J connectivity index is 1.02. The fourth-order valence-electron chi connectivity index (χ4n) is 15.6. The first-order valence-electron chi connectivity index (χ1n) is 33.7. The highest BCUT2D eigenvalue weighted by Crippen LogP contribution is 2.51. The van der Waals surface area contributed by atoms with Gasteiger partial charge < -0.3 is 9.47 Å². The molecule has 0 atom stereocenters. The van der Waals surface area contributed by atoms with Crippen LogP contribution in [0, 0.1) is 0 Å². The highest BCUT2D eigenvalue weighted by molar-refractivity contribution is 7.20. The Morgan fingerprint density at radius 3 is 1.15 bits per heavy atom. The topological polar surface area (TPSA) is 18.5 Å². The molecule has 0 saturated heterocycles. The molecule has 0 radical (unpaired) electrons. The van der Waals surface area contributed by atoms with Crippen LogP contribution in [0.15, 0.2) is 315 Å². The van der Waals surface area contributed by atoms with E-state index < -0.39 is 16.1 Å². The third kappa shape index (κ3) is 10.6. The largest absolute Gasteiger partial charge is 0.458 e. The molecule has 0 amide bonds. The number of hydrogen-bond donors (Lipinski definition) is 0. The average molecular weight is 1260 g/mol. The third-order valence-corrected chi connectivity index (χ3v) is 29.7. The molecule has 0 N–H and O–H groups in total. The molecule has 0 bridgehead atoms. The van der Waals surface area contributed by atoms with Gasteiger partial charge in [-0.3, -0.25) is 0 Å². The summed E-state index contributed by atoms with van der Waals surface area (Å²) in [5.74, 6) is 3.37. The fourth-order valence-corrected chi connectivity index (χ4v) is 25.2. The Hall–Kier alpha value is -10.0. The van der Waals surface area contributed by atoms with Gasteiger partial charge in [0.1, 0.15) is 23.0 Å². The predicted molar refractivity (Wildman–Crippen MR) is 409 cm³/mol. The lowest BCUT2D eigenvalue weighted by Crippen LogP contribution is -2.74. The van der Waals surface area contributed by atoms with E-state index in [-0.39, 0.29) is 23.0 Å². The van der Waals surface area contributed by atoms with Crippen molar-refractivity contribution in [2.24, 2.45) is 0 Å². The van der Waals surface area contributed by atoms with E-state index in [0.717, 1.165) is 83.9 Å². The summed E-state index contributed by atoms with van der Waals surface area (Å²) in [4.78, 5) is 0. The van der Waals surface area contributed by atoms with Crippen LogP contribution in [0.5, 0.6) is 23.0 Å². The molecule has 0 saturated carbocycles. The van der Waals surface area contributed by atoms with Crippen molar-refractivity contribution >= 4 is 80.7 Å². The minimum atomic E-state index is -2.92. The van der Waals surface area contributed by atoms with Crippen LogP contribution in [0.25, 0.3) is 44.5 Å². The number of hydrogen-bond acceptors (Lipinski definition) is 2. The molecule has 2 aliphatic rings. The van der Waals surface area contributed by atoms with Gasteiger partial charge in [0.25, 0.3) is 6.71 Å². The SMILES string of the molecule is CC(C)(C)c1ccc2c(c1)B1c3cc(C(C)(C)C)c(-c4cccc([Si](c5ccccc5)(c5ccccc5)c5ccccc5)c4)cc3Oc3c(-c4ccc([Si](c5ccccc5)(c5ccccc5)c5ccccc5)cc4)cc(-c4c(-c5ccccc5)cccc4C(C)(C)C)c(c31)O2. The lowest BCUT2D eigenvalue weighted by Gasteiger charge is -2.38. The van der Waals surface area contributed by atoms with Crippen molar-refractivity contribution in [3.8, 4) is 67.5 Å². The normalized spacial score (nSPS) is 12.8. The summed E-state index contributed by atoms with van der Waals surface area (Å²) >= 11 is 0. The molecule has 95 heavy (non-hydrogen) atoms.